The van der Waals surface area contributed by atoms with Gasteiger partial charge in [-0.05, 0) is 6.92 Å². The molecule has 0 atom stereocenters. The molecule has 76 valence electrons. The molecule has 0 aromatic carbocycles. The van der Waals surface area contributed by atoms with Gasteiger partial charge in [0.05, 0.1) is 13.2 Å². The van der Waals surface area contributed by atoms with Gasteiger partial charge in [-0.15, -0.1) is 0 Å². The van der Waals surface area contributed by atoms with E-state index in [2.05, 4.69) is 6.58 Å². The van der Waals surface area contributed by atoms with E-state index in [1.807, 2.05) is 13.8 Å². The maximum absolute atomic E-state index is 11.3. The predicted octanol–water partition coefficient (Wildman–Crippen LogP) is 1.45. The van der Waals surface area contributed by atoms with Crippen LogP contribution >= 0.6 is 0 Å². The third-order valence-corrected chi connectivity index (χ3v) is 1.66. The lowest BCUT2D eigenvalue weighted by Crippen LogP contribution is -2.40. The van der Waals surface area contributed by atoms with E-state index < -0.39 is 0 Å². The van der Waals surface area contributed by atoms with Crippen LogP contribution in [0.4, 0.5) is 0 Å². The Morgan fingerprint density at radius 3 is 2.15 bits per heavy atom. The molecule has 1 fully saturated rings. The molecule has 0 unspecified atom stereocenters. The van der Waals surface area contributed by atoms with E-state index in [4.69, 9.17) is 4.74 Å². The summed E-state index contributed by atoms with van der Waals surface area (Å²) in [5.74, 6) is 0.0494. The Balaban J connectivity index is 0.000000671. The van der Waals surface area contributed by atoms with Gasteiger partial charge >= 0.3 is 0 Å². The summed E-state index contributed by atoms with van der Waals surface area (Å²) in [6, 6.07) is 0. The Bertz CT molecular complexity index is 172. The second-order valence-electron chi connectivity index (χ2n) is 2.68. The molecule has 0 bridgehead atoms. The summed E-state index contributed by atoms with van der Waals surface area (Å²) in [4.78, 5) is 13.0. The Kier molecular flexibility index (Phi) is 6.24. The van der Waals surface area contributed by atoms with Crippen LogP contribution in [0, 0.1) is 0 Å². The Hall–Kier alpha value is -0.830. The minimum absolute atomic E-state index is 0.0494. The molecule has 0 aromatic heterocycles. The first-order valence-corrected chi connectivity index (χ1v) is 4.74. The van der Waals surface area contributed by atoms with Crippen molar-refractivity contribution in [2.75, 3.05) is 26.3 Å². The maximum atomic E-state index is 11.3. The van der Waals surface area contributed by atoms with Crippen molar-refractivity contribution < 1.29 is 9.53 Å². The average Bonchev–Trinajstić information content (AvgIpc) is 2.21. The van der Waals surface area contributed by atoms with Crippen molar-refractivity contribution in [3.05, 3.63) is 12.2 Å². The van der Waals surface area contributed by atoms with Crippen molar-refractivity contribution >= 4 is 5.91 Å². The van der Waals surface area contributed by atoms with Crippen LogP contribution in [-0.2, 0) is 9.53 Å². The highest BCUT2D eigenvalue weighted by atomic mass is 16.5. The zero-order valence-electron chi connectivity index (χ0n) is 8.80. The summed E-state index contributed by atoms with van der Waals surface area (Å²) in [6.45, 7) is 12.0. The van der Waals surface area contributed by atoms with Crippen molar-refractivity contribution in [2.45, 2.75) is 20.8 Å². The molecule has 0 aromatic rings. The predicted molar refractivity (Wildman–Crippen MR) is 53.6 cm³/mol. The zero-order valence-corrected chi connectivity index (χ0v) is 8.80. The van der Waals surface area contributed by atoms with Crippen molar-refractivity contribution in [1.82, 2.24) is 4.90 Å². The fraction of sp³-hybridized carbons (Fsp3) is 0.700. The van der Waals surface area contributed by atoms with Crippen molar-refractivity contribution in [1.29, 1.82) is 0 Å². The molecule has 1 aliphatic heterocycles. The van der Waals surface area contributed by atoms with Crippen LogP contribution in [0.3, 0.4) is 0 Å². The van der Waals surface area contributed by atoms with E-state index >= 15 is 0 Å². The van der Waals surface area contributed by atoms with Crippen molar-refractivity contribution in [3.63, 3.8) is 0 Å². The molecule has 1 amide bonds. The van der Waals surface area contributed by atoms with E-state index in [-0.39, 0.29) is 5.91 Å². The smallest absolute Gasteiger partial charge is 0.249 e. The summed E-state index contributed by atoms with van der Waals surface area (Å²) in [5, 5.41) is 0. The minimum Gasteiger partial charge on any atom is -0.378 e. The zero-order chi connectivity index (χ0) is 10.3. The number of ether oxygens (including phenoxy) is 1. The summed E-state index contributed by atoms with van der Waals surface area (Å²) < 4.78 is 5.11. The standard InChI is InChI=1S/C8H13NO2.C2H6/c1-7(2)8(10)9-3-5-11-6-4-9;1-2/h1,3-6H2,2H3;1-2H3. The third kappa shape index (κ3) is 4.08. The molecule has 3 heteroatoms. The number of hydrogen-bond donors (Lipinski definition) is 0. The first-order valence-electron chi connectivity index (χ1n) is 4.74. The first kappa shape index (κ1) is 12.2. The highest BCUT2D eigenvalue weighted by Crippen LogP contribution is 2.01. The van der Waals surface area contributed by atoms with Gasteiger partial charge < -0.3 is 9.64 Å². The molecular formula is C10H19NO2. The van der Waals surface area contributed by atoms with Gasteiger partial charge in [0.1, 0.15) is 0 Å². The Labute approximate surface area is 80.4 Å². The SMILES string of the molecule is C=C(C)C(=O)N1CCOCC1.CC. The lowest BCUT2D eigenvalue weighted by Gasteiger charge is -2.26. The molecule has 0 N–H and O–H groups in total. The highest BCUT2D eigenvalue weighted by molar-refractivity contribution is 5.92. The summed E-state index contributed by atoms with van der Waals surface area (Å²) in [6.07, 6.45) is 0. The van der Waals surface area contributed by atoms with Crippen LogP contribution in [0.2, 0.25) is 0 Å². The number of carbonyl (C=O) groups excluding carboxylic acids is 1. The normalized spacial score (nSPS) is 15.8. The lowest BCUT2D eigenvalue weighted by atomic mass is 10.3. The molecule has 1 heterocycles. The summed E-state index contributed by atoms with van der Waals surface area (Å²) in [7, 11) is 0. The molecule has 0 spiro atoms. The quantitative estimate of drug-likeness (QED) is 0.579. The van der Waals surface area contributed by atoms with Gasteiger partial charge in [0.2, 0.25) is 5.91 Å². The highest BCUT2D eigenvalue weighted by Gasteiger charge is 2.16. The van der Waals surface area contributed by atoms with Crippen LogP contribution in [0.25, 0.3) is 0 Å². The van der Waals surface area contributed by atoms with E-state index in [9.17, 15) is 4.79 Å². The maximum Gasteiger partial charge on any atom is 0.249 e. The molecule has 0 aliphatic carbocycles. The molecule has 3 nitrogen and oxygen atoms in total. The van der Waals surface area contributed by atoms with Crippen LogP contribution in [0.15, 0.2) is 12.2 Å². The fourth-order valence-electron chi connectivity index (χ4n) is 1.04. The van der Waals surface area contributed by atoms with Gasteiger partial charge in [0.25, 0.3) is 0 Å². The van der Waals surface area contributed by atoms with Gasteiger partial charge in [-0.1, -0.05) is 20.4 Å². The van der Waals surface area contributed by atoms with Gasteiger partial charge in [-0.25, -0.2) is 0 Å². The van der Waals surface area contributed by atoms with Crippen molar-refractivity contribution in [2.24, 2.45) is 0 Å². The topological polar surface area (TPSA) is 29.5 Å². The Morgan fingerprint density at radius 1 is 1.31 bits per heavy atom. The van der Waals surface area contributed by atoms with E-state index in [0.717, 1.165) is 0 Å². The largest absolute Gasteiger partial charge is 0.378 e. The average molecular weight is 185 g/mol. The van der Waals surface area contributed by atoms with Crippen molar-refractivity contribution in [3.8, 4) is 0 Å². The molecular weight excluding hydrogens is 166 g/mol. The molecule has 1 rings (SSSR count). The van der Waals surface area contributed by atoms with Gasteiger partial charge in [0, 0.05) is 18.7 Å². The first-order chi connectivity index (χ1) is 6.22. The molecule has 1 aliphatic rings. The number of rotatable bonds is 1. The Morgan fingerprint density at radius 2 is 1.77 bits per heavy atom. The van der Waals surface area contributed by atoms with E-state index in [1.54, 1.807) is 11.8 Å². The van der Waals surface area contributed by atoms with Crippen LogP contribution in [0.5, 0.6) is 0 Å². The summed E-state index contributed by atoms with van der Waals surface area (Å²) >= 11 is 0. The minimum atomic E-state index is 0.0494. The van der Waals surface area contributed by atoms with Gasteiger partial charge in [-0.2, -0.15) is 0 Å². The summed E-state index contributed by atoms with van der Waals surface area (Å²) in [5.41, 5.74) is 0.604. The lowest BCUT2D eigenvalue weighted by molar-refractivity contribution is -0.131. The number of nitrogens with zero attached hydrogens (tertiary/aromatic N) is 1. The second kappa shape index (κ2) is 6.66. The fourth-order valence-corrected chi connectivity index (χ4v) is 1.04. The number of hydrogen-bond acceptors (Lipinski definition) is 2. The third-order valence-electron chi connectivity index (χ3n) is 1.66. The number of amides is 1. The van der Waals surface area contributed by atoms with Crippen LogP contribution < -0.4 is 0 Å². The molecule has 0 radical (unpaired) electrons. The van der Waals surface area contributed by atoms with E-state index in [1.165, 1.54) is 0 Å². The van der Waals surface area contributed by atoms with E-state index in [0.29, 0.717) is 31.9 Å². The molecule has 0 saturated carbocycles. The number of carbonyl (C=O) groups is 1. The second-order valence-corrected chi connectivity index (χ2v) is 2.68. The monoisotopic (exact) mass is 185 g/mol. The van der Waals surface area contributed by atoms with Gasteiger partial charge in [0.15, 0.2) is 0 Å². The molecule has 13 heavy (non-hydrogen) atoms. The number of morpholine rings is 1. The van der Waals surface area contributed by atoms with Crippen LogP contribution in [-0.4, -0.2) is 37.1 Å². The van der Waals surface area contributed by atoms with Crippen LogP contribution in [0.1, 0.15) is 20.8 Å². The van der Waals surface area contributed by atoms with Gasteiger partial charge in [-0.3, -0.25) is 4.79 Å². The molecule has 1 saturated heterocycles.